The molecule has 0 aliphatic carbocycles. The number of nitrogens with zero attached hydrogens (tertiary/aromatic N) is 4. The molecular formula is C15H19N5. The van der Waals surface area contributed by atoms with Crippen molar-refractivity contribution < 1.29 is 0 Å². The zero-order valence-electron chi connectivity index (χ0n) is 11.9. The summed E-state index contributed by atoms with van der Waals surface area (Å²) < 4.78 is 2.27. The molecule has 0 amide bonds. The van der Waals surface area contributed by atoms with E-state index in [1.807, 2.05) is 18.6 Å². The van der Waals surface area contributed by atoms with Gasteiger partial charge in [0.05, 0.1) is 11.7 Å². The Morgan fingerprint density at radius 2 is 2.20 bits per heavy atom. The van der Waals surface area contributed by atoms with E-state index in [2.05, 4.69) is 44.3 Å². The molecule has 1 N–H and O–H groups in total. The Labute approximate surface area is 117 Å². The summed E-state index contributed by atoms with van der Waals surface area (Å²) in [6.07, 6.45) is 7.04. The molecule has 4 rings (SSSR count). The molecule has 2 atom stereocenters. The molecule has 0 spiro atoms. The Morgan fingerprint density at radius 1 is 1.30 bits per heavy atom. The van der Waals surface area contributed by atoms with Crippen LogP contribution < -0.4 is 0 Å². The van der Waals surface area contributed by atoms with E-state index >= 15 is 0 Å². The van der Waals surface area contributed by atoms with Crippen LogP contribution in [-0.4, -0.2) is 44.4 Å². The third kappa shape index (κ3) is 1.59. The molecular weight excluding hydrogens is 250 g/mol. The molecule has 0 radical (unpaired) electrons. The van der Waals surface area contributed by atoms with Crippen molar-refractivity contribution in [1.82, 2.24) is 24.3 Å². The fourth-order valence-corrected chi connectivity index (χ4v) is 3.59. The van der Waals surface area contributed by atoms with Gasteiger partial charge in [-0.25, -0.2) is 9.97 Å². The minimum Gasteiger partial charge on any atom is -0.345 e. The fourth-order valence-electron chi connectivity index (χ4n) is 3.59. The van der Waals surface area contributed by atoms with Crippen LogP contribution >= 0.6 is 0 Å². The van der Waals surface area contributed by atoms with E-state index in [-0.39, 0.29) is 0 Å². The fraction of sp³-hybridized carbons (Fsp3) is 0.467. The third-order valence-electron chi connectivity index (χ3n) is 4.60. The predicted molar refractivity (Wildman–Crippen MR) is 78.9 cm³/mol. The SMILES string of the molecule is CC[C@@H]1CN(C)CC1c1cnc2cnc3[nH]ccc3n12. The monoisotopic (exact) mass is 269 g/mol. The number of hydrogen-bond acceptors (Lipinski definition) is 3. The molecule has 104 valence electrons. The number of H-pyrrole nitrogens is 1. The Hall–Kier alpha value is -1.88. The summed E-state index contributed by atoms with van der Waals surface area (Å²) in [4.78, 5) is 14.6. The zero-order chi connectivity index (χ0) is 13.7. The maximum atomic E-state index is 4.55. The van der Waals surface area contributed by atoms with Gasteiger partial charge in [0.2, 0.25) is 0 Å². The lowest BCUT2D eigenvalue weighted by atomic mass is 9.91. The van der Waals surface area contributed by atoms with Gasteiger partial charge in [-0.3, -0.25) is 4.40 Å². The van der Waals surface area contributed by atoms with Crippen LogP contribution in [-0.2, 0) is 0 Å². The average Bonchev–Trinajstić information content (AvgIpc) is 3.13. The second kappa shape index (κ2) is 4.31. The standard InChI is InChI=1S/C15H19N5/c1-3-10-8-19(2)9-11(10)13-6-17-14-7-18-15-12(20(13)14)4-5-16-15/h4-7,10-11,16H,3,8-9H2,1-2H3/t10-,11?/m1/s1. The second-order valence-electron chi connectivity index (χ2n) is 5.84. The van der Waals surface area contributed by atoms with Gasteiger partial charge in [-0.15, -0.1) is 0 Å². The van der Waals surface area contributed by atoms with Crippen LogP contribution in [0.3, 0.4) is 0 Å². The van der Waals surface area contributed by atoms with Crippen molar-refractivity contribution in [2.24, 2.45) is 5.92 Å². The summed E-state index contributed by atoms with van der Waals surface area (Å²) in [6.45, 7) is 4.57. The van der Waals surface area contributed by atoms with Gasteiger partial charge in [0.1, 0.15) is 0 Å². The normalized spacial score (nSPS) is 24.1. The minimum absolute atomic E-state index is 0.556. The summed E-state index contributed by atoms with van der Waals surface area (Å²) in [6, 6.07) is 2.08. The molecule has 4 heterocycles. The lowest BCUT2D eigenvalue weighted by Crippen LogP contribution is -2.14. The van der Waals surface area contributed by atoms with Gasteiger partial charge in [-0.1, -0.05) is 13.3 Å². The number of aromatic nitrogens is 4. The number of hydrogen-bond donors (Lipinski definition) is 1. The highest BCUT2D eigenvalue weighted by molar-refractivity contribution is 5.74. The largest absolute Gasteiger partial charge is 0.345 e. The Kier molecular flexibility index (Phi) is 2.57. The van der Waals surface area contributed by atoms with Gasteiger partial charge in [-0.2, -0.15) is 0 Å². The second-order valence-corrected chi connectivity index (χ2v) is 5.84. The molecule has 3 aromatic heterocycles. The number of likely N-dealkylation sites (tertiary alicyclic amines) is 1. The maximum Gasteiger partial charge on any atom is 0.156 e. The molecule has 3 aromatic rings. The molecule has 5 nitrogen and oxygen atoms in total. The highest BCUT2D eigenvalue weighted by Crippen LogP contribution is 2.34. The molecule has 20 heavy (non-hydrogen) atoms. The Morgan fingerprint density at radius 3 is 3.05 bits per heavy atom. The van der Waals surface area contributed by atoms with Gasteiger partial charge in [0, 0.05) is 37.1 Å². The van der Waals surface area contributed by atoms with Gasteiger partial charge in [0.25, 0.3) is 0 Å². The van der Waals surface area contributed by atoms with Crippen LogP contribution in [0.4, 0.5) is 0 Å². The number of imidazole rings is 1. The van der Waals surface area contributed by atoms with Crippen molar-refractivity contribution in [2.45, 2.75) is 19.3 Å². The molecule has 0 saturated carbocycles. The summed E-state index contributed by atoms with van der Waals surface area (Å²) in [7, 11) is 2.21. The van der Waals surface area contributed by atoms with Crippen molar-refractivity contribution in [1.29, 1.82) is 0 Å². The first-order chi connectivity index (χ1) is 9.78. The molecule has 0 bridgehead atoms. The van der Waals surface area contributed by atoms with Crippen LogP contribution in [0.5, 0.6) is 0 Å². The highest BCUT2D eigenvalue weighted by atomic mass is 15.1. The van der Waals surface area contributed by atoms with Crippen LogP contribution in [0.15, 0.2) is 24.7 Å². The minimum atomic E-state index is 0.556. The third-order valence-corrected chi connectivity index (χ3v) is 4.60. The van der Waals surface area contributed by atoms with E-state index in [1.165, 1.54) is 18.7 Å². The number of likely N-dealkylation sites (N-methyl/N-ethyl adjacent to an activating group) is 1. The number of nitrogens with one attached hydrogen (secondary N) is 1. The number of aromatic amines is 1. The van der Waals surface area contributed by atoms with Crippen molar-refractivity contribution >= 4 is 16.8 Å². The summed E-state index contributed by atoms with van der Waals surface area (Å²) in [5.74, 6) is 1.27. The van der Waals surface area contributed by atoms with E-state index < -0.39 is 0 Å². The first-order valence-electron chi connectivity index (χ1n) is 7.26. The van der Waals surface area contributed by atoms with E-state index in [4.69, 9.17) is 0 Å². The smallest absolute Gasteiger partial charge is 0.156 e. The lowest BCUT2D eigenvalue weighted by Gasteiger charge is -2.16. The zero-order valence-corrected chi connectivity index (χ0v) is 11.9. The summed E-state index contributed by atoms with van der Waals surface area (Å²) in [5.41, 5.74) is 4.32. The van der Waals surface area contributed by atoms with Gasteiger partial charge in [0.15, 0.2) is 11.3 Å². The molecule has 1 aliphatic heterocycles. The van der Waals surface area contributed by atoms with Crippen LogP contribution in [0.1, 0.15) is 25.0 Å². The molecule has 1 aliphatic rings. The van der Waals surface area contributed by atoms with Crippen molar-refractivity contribution in [3.8, 4) is 0 Å². The van der Waals surface area contributed by atoms with E-state index in [1.54, 1.807) is 0 Å². The predicted octanol–water partition coefficient (Wildman–Crippen LogP) is 2.27. The first-order valence-corrected chi connectivity index (χ1v) is 7.26. The van der Waals surface area contributed by atoms with E-state index in [9.17, 15) is 0 Å². The summed E-state index contributed by atoms with van der Waals surface area (Å²) in [5, 5.41) is 0. The van der Waals surface area contributed by atoms with Crippen molar-refractivity contribution in [3.63, 3.8) is 0 Å². The van der Waals surface area contributed by atoms with Gasteiger partial charge < -0.3 is 9.88 Å². The number of rotatable bonds is 2. The topological polar surface area (TPSA) is 49.2 Å². The van der Waals surface area contributed by atoms with Crippen molar-refractivity contribution in [2.75, 3.05) is 20.1 Å². The number of fused-ring (bicyclic) bond motifs is 3. The quantitative estimate of drug-likeness (QED) is 0.776. The van der Waals surface area contributed by atoms with Crippen molar-refractivity contribution in [3.05, 3.63) is 30.4 Å². The maximum absolute atomic E-state index is 4.55. The molecule has 1 fully saturated rings. The molecule has 1 saturated heterocycles. The van der Waals surface area contributed by atoms with Gasteiger partial charge >= 0.3 is 0 Å². The van der Waals surface area contributed by atoms with E-state index in [0.717, 1.165) is 23.4 Å². The van der Waals surface area contributed by atoms with Crippen LogP contribution in [0.2, 0.25) is 0 Å². The Balaban J connectivity index is 1.93. The molecule has 1 unspecified atom stereocenters. The lowest BCUT2D eigenvalue weighted by molar-refractivity contribution is 0.392. The Bertz CT molecular complexity index is 756. The van der Waals surface area contributed by atoms with Gasteiger partial charge in [-0.05, 0) is 19.0 Å². The highest BCUT2D eigenvalue weighted by Gasteiger charge is 2.33. The first kappa shape index (κ1) is 11.9. The van der Waals surface area contributed by atoms with Crippen LogP contribution in [0, 0.1) is 5.92 Å². The molecule has 5 heteroatoms. The average molecular weight is 269 g/mol. The summed E-state index contributed by atoms with van der Waals surface area (Å²) >= 11 is 0. The molecule has 0 aromatic carbocycles. The van der Waals surface area contributed by atoms with E-state index in [0.29, 0.717) is 11.8 Å². The van der Waals surface area contributed by atoms with Crippen LogP contribution in [0.25, 0.3) is 16.8 Å².